The van der Waals surface area contributed by atoms with Crippen LogP contribution in [0.1, 0.15) is 20.8 Å². The van der Waals surface area contributed by atoms with E-state index in [1.807, 2.05) is 0 Å². The number of oxime groups is 1. The molecule has 0 aliphatic heterocycles. The summed E-state index contributed by atoms with van der Waals surface area (Å²) in [6, 6.07) is 6.38. The first-order valence-corrected chi connectivity index (χ1v) is 5.77. The predicted molar refractivity (Wildman–Crippen MR) is 72.6 cm³/mol. The molecule has 0 atom stereocenters. The third-order valence-corrected chi connectivity index (χ3v) is 2.83. The number of urea groups is 1. The molecule has 2 amide bonds. The molecule has 0 spiro atoms. The Morgan fingerprint density at radius 3 is 2.39 bits per heavy atom. The molecule has 18 heavy (non-hydrogen) atoms. The molecular weight excluding hydrogens is 254 g/mol. The lowest BCUT2D eigenvalue weighted by Crippen LogP contribution is -2.50. The summed E-state index contributed by atoms with van der Waals surface area (Å²) in [5.41, 5.74) is 0.311. The Morgan fingerprint density at radius 1 is 1.33 bits per heavy atom. The third-order valence-electron chi connectivity index (χ3n) is 2.58. The number of rotatable bonds is 3. The molecule has 0 radical (unpaired) electrons. The zero-order chi connectivity index (χ0) is 13.8. The molecule has 3 N–H and O–H groups in total. The minimum absolute atomic E-state index is 0.384. The molecule has 0 bridgehead atoms. The smallest absolute Gasteiger partial charge is 0.319 e. The lowest BCUT2D eigenvalue weighted by Gasteiger charge is -2.25. The first kappa shape index (κ1) is 14.3. The van der Waals surface area contributed by atoms with Crippen LogP contribution in [0, 0.1) is 0 Å². The molecule has 5 nitrogen and oxygen atoms in total. The molecule has 0 heterocycles. The van der Waals surface area contributed by atoms with Crippen LogP contribution in [0.3, 0.4) is 0 Å². The zero-order valence-corrected chi connectivity index (χ0v) is 11.2. The first-order chi connectivity index (χ1) is 8.35. The number of carbonyl (C=O) groups is 1. The van der Waals surface area contributed by atoms with Gasteiger partial charge in [0.1, 0.15) is 0 Å². The van der Waals surface area contributed by atoms with E-state index in [1.54, 1.807) is 45.0 Å². The van der Waals surface area contributed by atoms with E-state index in [0.717, 1.165) is 0 Å². The number of amides is 2. The van der Waals surface area contributed by atoms with Crippen LogP contribution >= 0.6 is 11.6 Å². The second-order valence-corrected chi connectivity index (χ2v) is 4.83. The van der Waals surface area contributed by atoms with Crippen molar-refractivity contribution in [2.75, 3.05) is 5.32 Å². The summed E-state index contributed by atoms with van der Waals surface area (Å²) in [4.78, 5) is 11.7. The van der Waals surface area contributed by atoms with Gasteiger partial charge in [0.05, 0.1) is 11.3 Å². The number of nitrogens with zero attached hydrogens (tertiary/aromatic N) is 1. The van der Waals surface area contributed by atoms with Gasteiger partial charge in [0.25, 0.3) is 0 Å². The van der Waals surface area contributed by atoms with E-state index in [0.29, 0.717) is 16.4 Å². The maximum atomic E-state index is 11.7. The summed E-state index contributed by atoms with van der Waals surface area (Å²) in [6.45, 7) is 5.11. The summed E-state index contributed by atoms with van der Waals surface area (Å²) in [7, 11) is 0. The number of hydrogen-bond acceptors (Lipinski definition) is 3. The van der Waals surface area contributed by atoms with Crippen LogP contribution in [0.5, 0.6) is 0 Å². The molecule has 98 valence electrons. The van der Waals surface area contributed by atoms with Crippen LogP contribution in [0.4, 0.5) is 10.5 Å². The van der Waals surface area contributed by atoms with E-state index in [1.165, 1.54) is 0 Å². The van der Waals surface area contributed by atoms with Crippen LogP contribution in [0.2, 0.25) is 5.02 Å². The van der Waals surface area contributed by atoms with Gasteiger partial charge in [-0.25, -0.2) is 4.79 Å². The second kappa shape index (κ2) is 5.73. The molecule has 1 aromatic rings. The van der Waals surface area contributed by atoms with Crippen molar-refractivity contribution in [3.8, 4) is 0 Å². The van der Waals surface area contributed by atoms with Gasteiger partial charge in [-0.05, 0) is 45.0 Å². The highest BCUT2D eigenvalue weighted by Crippen LogP contribution is 2.13. The van der Waals surface area contributed by atoms with Gasteiger partial charge in [-0.3, -0.25) is 0 Å². The molecule has 0 unspecified atom stereocenters. The summed E-state index contributed by atoms with van der Waals surface area (Å²) in [5, 5.41) is 17.8. The Labute approximate surface area is 111 Å². The minimum atomic E-state index is -0.731. The molecular formula is C12H16ClN3O2. The highest BCUT2D eigenvalue weighted by molar-refractivity contribution is 6.30. The largest absolute Gasteiger partial charge is 0.411 e. The molecule has 0 aliphatic rings. The van der Waals surface area contributed by atoms with Crippen molar-refractivity contribution in [2.45, 2.75) is 26.3 Å². The average molecular weight is 270 g/mol. The fourth-order valence-electron chi connectivity index (χ4n) is 1.19. The number of carbonyl (C=O) groups excluding carboxylic acids is 1. The first-order valence-electron chi connectivity index (χ1n) is 5.39. The van der Waals surface area contributed by atoms with Crippen molar-refractivity contribution in [1.29, 1.82) is 0 Å². The van der Waals surface area contributed by atoms with E-state index in [9.17, 15) is 4.79 Å². The third kappa shape index (κ3) is 3.92. The van der Waals surface area contributed by atoms with Crippen molar-refractivity contribution in [3.63, 3.8) is 0 Å². The number of nitrogens with one attached hydrogen (secondary N) is 2. The maximum Gasteiger partial charge on any atom is 0.319 e. The van der Waals surface area contributed by atoms with E-state index in [2.05, 4.69) is 15.8 Å². The lowest BCUT2D eigenvalue weighted by molar-refractivity contribution is 0.246. The Morgan fingerprint density at radius 2 is 1.89 bits per heavy atom. The van der Waals surface area contributed by atoms with Gasteiger partial charge in [0, 0.05) is 10.7 Å². The van der Waals surface area contributed by atoms with Crippen LogP contribution in [-0.4, -0.2) is 22.5 Å². The van der Waals surface area contributed by atoms with Gasteiger partial charge in [-0.15, -0.1) is 0 Å². The predicted octanol–water partition coefficient (Wildman–Crippen LogP) is 3.09. The molecule has 1 rings (SSSR count). The lowest BCUT2D eigenvalue weighted by atomic mass is 10.0. The topological polar surface area (TPSA) is 73.7 Å². The summed E-state index contributed by atoms with van der Waals surface area (Å²) < 4.78 is 0. The van der Waals surface area contributed by atoms with E-state index < -0.39 is 5.54 Å². The summed E-state index contributed by atoms with van der Waals surface area (Å²) in [6.07, 6.45) is 0. The van der Waals surface area contributed by atoms with Gasteiger partial charge in [0.15, 0.2) is 0 Å². The fourth-order valence-corrected chi connectivity index (χ4v) is 1.32. The van der Waals surface area contributed by atoms with Crippen molar-refractivity contribution < 1.29 is 10.0 Å². The number of hydrogen-bond donors (Lipinski definition) is 3. The average Bonchev–Trinajstić information content (AvgIpc) is 2.30. The Bertz CT molecular complexity index is 455. The molecule has 6 heteroatoms. The molecule has 0 aromatic heterocycles. The Hall–Kier alpha value is -1.75. The molecule has 0 fully saturated rings. The normalized spacial score (nSPS) is 12.1. The van der Waals surface area contributed by atoms with E-state index in [-0.39, 0.29) is 6.03 Å². The molecule has 0 aliphatic carbocycles. The number of anilines is 1. The maximum absolute atomic E-state index is 11.7. The fraction of sp³-hybridized carbons (Fsp3) is 0.333. The standard InChI is InChI=1S/C12H16ClN3O2/c1-8(16-18)12(2,3)15-11(17)14-10-6-4-9(13)5-7-10/h4-7,18H,1-3H3,(H2,14,15,17)/b16-8-. The van der Waals surface area contributed by atoms with Gasteiger partial charge in [-0.1, -0.05) is 16.8 Å². The van der Waals surface area contributed by atoms with Gasteiger partial charge >= 0.3 is 6.03 Å². The molecule has 0 saturated carbocycles. The minimum Gasteiger partial charge on any atom is -0.411 e. The van der Waals surface area contributed by atoms with E-state index in [4.69, 9.17) is 16.8 Å². The monoisotopic (exact) mass is 269 g/mol. The number of halogens is 1. The number of benzene rings is 1. The van der Waals surface area contributed by atoms with Gasteiger partial charge in [0.2, 0.25) is 0 Å². The zero-order valence-electron chi connectivity index (χ0n) is 10.5. The second-order valence-electron chi connectivity index (χ2n) is 4.40. The van der Waals surface area contributed by atoms with E-state index >= 15 is 0 Å². The van der Waals surface area contributed by atoms with Crippen molar-refractivity contribution >= 4 is 29.0 Å². The molecule has 0 saturated heterocycles. The Balaban J connectivity index is 2.65. The summed E-state index contributed by atoms with van der Waals surface area (Å²) in [5.74, 6) is 0. The van der Waals surface area contributed by atoms with Crippen molar-refractivity contribution in [2.24, 2.45) is 5.16 Å². The van der Waals surface area contributed by atoms with Crippen LogP contribution in [-0.2, 0) is 0 Å². The quantitative estimate of drug-likeness (QED) is 0.448. The van der Waals surface area contributed by atoms with Crippen molar-refractivity contribution in [3.05, 3.63) is 29.3 Å². The van der Waals surface area contributed by atoms with Crippen LogP contribution < -0.4 is 10.6 Å². The summed E-state index contributed by atoms with van der Waals surface area (Å²) >= 11 is 5.74. The van der Waals surface area contributed by atoms with Gasteiger partial charge < -0.3 is 15.8 Å². The molecule has 1 aromatic carbocycles. The van der Waals surface area contributed by atoms with Crippen LogP contribution in [0.25, 0.3) is 0 Å². The Kier molecular flexibility index (Phi) is 4.55. The highest BCUT2D eigenvalue weighted by atomic mass is 35.5. The van der Waals surface area contributed by atoms with Crippen LogP contribution in [0.15, 0.2) is 29.4 Å². The SMILES string of the molecule is C/C(=N/O)C(C)(C)NC(=O)Nc1ccc(Cl)cc1. The van der Waals surface area contributed by atoms with Gasteiger partial charge in [-0.2, -0.15) is 0 Å². The highest BCUT2D eigenvalue weighted by Gasteiger charge is 2.24. The van der Waals surface area contributed by atoms with Crippen molar-refractivity contribution in [1.82, 2.24) is 5.32 Å².